The van der Waals surface area contributed by atoms with E-state index in [0.29, 0.717) is 12.0 Å². The molecule has 3 heteroatoms. The van der Waals surface area contributed by atoms with E-state index < -0.39 is 0 Å². The Bertz CT molecular complexity index is 488. The van der Waals surface area contributed by atoms with Crippen LogP contribution in [0.3, 0.4) is 0 Å². The number of amides is 2. The second-order valence-corrected chi connectivity index (χ2v) is 6.68. The van der Waals surface area contributed by atoms with Crippen molar-refractivity contribution in [3.63, 3.8) is 0 Å². The molecule has 3 nitrogen and oxygen atoms in total. The highest BCUT2D eigenvalue weighted by Crippen LogP contribution is 2.28. The van der Waals surface area contributed by atoms with E-state index in [0.717, 1.165) is 24.9 Å². The first-order chi connectivity index (χ1) is 10.6. The van der Waals surface area contributed by atoms with Gasteiger partial charge < -0.3 is 10.6 Å². The molecule has 2 amide bonds. The molecular formula is C19H30N2O. The van der Waals surface area contributed by atoms with Gasteiger partial charge in [0.25, 0.3) is 0 Å². The molecule has 0 aromatic heterocycles. The molecule has 0 radical (unpaired) electrons. The molecule has 1 fully saturated rings. The topological polar surface area (TPSA) is 41.1 Å². The second kappa shape index (κ2) is 8.21. The van der Waals surface area contributed by atoms with Gasteiger partial charge in [0.1, 0.15) is 0 Å². The summed E-state index contributed by atoms with van der Waals surface area (Å²) in [7, 11) is 0. The third kappa shape index (κ3) is 4.49. The minimum absolute atomic E-state index is 0.0466. The van der Waals surface area contributed by atoms with Crippen LogP contribution in [0.15, 0.2) is 18.2 Å². The number of hydrogen-bond acceptors (Lipinski definition) is 1. The summed E-state index contributed by atoms with van der Waals surface area (Å²) in [5.41, 5.74) is 3.43. The van der Waals surface area contributed by atoms with Crippen LogP contribution >= 0.6 is 0 Å². The molecule has 0 heterocycles. The van der Waals surface area contributed by atoms with Crippen LogP contribution in [-0.4, -0.2) is 12.1 Å². The predicted octanol–water partition coefficient (Wildman–Crippen LogP) is 5.22. The average molecular weight is 302 g/mol. The fourth-order valence-corrected chi connectivity index (χ4v) is 3.31. The Morgan fingerprint density at radius 3 is 2.45 bits per heavy atom. The van der Waals surface area contributed by atoms with Crippen molar-refractivity contribution in [1.29, 1.82) is 0 Å². The van der Waals surface area contributed by atoms with E-state index in [9.17, 15) is 4.79 Å². The van der Waals surface area contributed by atoms with Crippen LogP contribution in [0, 0.1) is 0 Å². The maximum Gasteiger partial charge on any atom is 0.319 e. The monoisotopic (exact) mass is 302 g/mol. The van der Waals surface area contributed by atoms with Gasteiger partial charge in [0.2, 0.25) is 0 Å². The molecule has 1 aliphatic rings. The number of urea groups is 1. The molecule has 1 aliphatic carbocycles. The molecule has 2 N–H and O–H groups in total. The molecule has 0 spiro atoms. The van der Waals surface area contributed by atoms with E-state index in [2.05, 4.69) is 49.6 Å². The van der Waals surface area contributed by atoms with Crippen LogP contribution in [0.4, 0.5) is 10.5 Å². The normalized spacial score (nSPS) is 16.4. The summed E-state index contributed by atoms with van der Waals surface area (Å²) in [5, 5.41) is 6.30. The van der Waals surface area contributed by atoms with Crippen molar-refractivity contribution in [2.24, 2.45) is 0 Å². The zero-order valence-electron chi connectivity index (χ0n) is 14.2. The number of hydrogen-bond donors (Lipinski definition) is 2. The summed E-state index contributed by atoms with van der Waals surface area (Å²) < 4.78 is 0. The van der Waals surface area contributed by atoms with Crippen molar-refractivity contribution < 1.29 is 4.79 Å². The van der Waals surface area contributed by atoms with E-state index >= 15 is 0 Å². The highest BCUT2D eigenvalue weighted by Gasteiger charge is 2.17. The molecule has 1 aromatic carbocycles. The lowest BCUT2D eigenvalue weighted by atomic mass is 9.96. The van der Waals surface area contributed by atoms with Crippen LogP contribution in [0.5, 0.6) is 0 Å². The van der Waals surface area contributed by atoms with Gasteiger partial charge in [-0.15, -0.1) is 0 Å². The minimum atomic E-state index is -0.0466. The molecule has 0 bridgehead atoms. The number of aryl methyl sites for hydroxylation is 1. The van der Waals surface area contributed by atoms with E-state index in [1.165, 1.54) is 36.8 Å². The van der Waals surface area contributed by atoms with Crippen molar-refractivity contribution in [3.05, 3.63) is 29.3 Å². The standard InChI is InChI=1S/C19H30N2O/c1-4-15-10-9-13-17(14(2)3)18(15)21-19(22)20-16-11-7-5-6-8-12-16/h9-10,13-14,16H,4-8,11-12H2,1-3H3,(H2,20,21,22). The highest BCUT2D eigenvalue weighted by molar-refractivity contribution is 5.91. The Kier molecular flexibility index (Phi) is 6.29. The molecule has 1 saturated carbocycles. The first-order valence-electron chi connectivity index (χ1n) is 8.81. The largest absolute Gasteiger partial charge is 0.335 e. The van der Waals surface area contributed by atoms with E-state index in [4.69, 9.17) is 0 Å². The van der Waals surface area contributed by atoms with E-state index in [-0.39, 0.29) is 6.03 Å². The van der Waals surface area contributed by atoms with Crippen LogP contribution in [0.2, 0.25) is 0 Å². The summed E-state index contributed by atoms with van der Waals surface area (Å²) in [6.45, 7) is 6.47. The predicted molar refractivity (Wildman–Crippen MR) is 93.6 cm³/mol. The lowest BCUT2D eigenvalue weighted by Crippen LogP contribution is -2.38. The third-order valence-corrected chi connectivity index (χ3v) is 4.61. The number of para-hydroxylation sites is 1. The maximum absolute atomic E-state index is 12.4. The minimum Gasteiger partial charge on any atom is -0.335 e. The van der Waals surface area contributed by atoms with Gasteiger partial charge in [-0.2, -0.15) is 0 Å². The zero-order valence-corrected chi connectivity index (χ0v) is 14.2. The Morgan fingerprint density at radius 1 is 1.18 bits per heavy atom. The van der Waals surface area contributed by atoms with Gasteiger partial charge in [-0.05, 0) is 36.3 Å². The molecule has 1 aromatic rings. The first kappa shape index (κ1) is 16.9. The number of nitrogens with one attached hydrogen (secondary N) is 2. The molecule has 0 aliphatic heterocycles. The van der Waals surface area contributed by atoms with Gasteiger partial charge in [0.05, 0.1) is 0 Å². The molecule has 2 rings (SSSR count). The van der Waals surface area contributed by atoms with Gasteiger partial charge in [-0.1, -0.05) is 64.7 Å². The summed E-state index contributed by atoms with van der Waals surface area (Å²) in [6, 6.07) is 6.59. The molecule has 0 unspecified atom stereocenters. The highest BCUT2D eigenvalue weighted by atomic mass is 16.2. The Hall–Kier alpha value is -1.51. The van der Waals surface area contributed by atoms with Gasteiger partial charge in [0.15, 0.2) is 0 Å². The summed E-state index contributed by atoms with van der Waals surface area (Å²) >= 11 is 0. The summed E-state index contributed by atoms with van der Waals surface area (Å²) in [6.07, 6.45) is 8.22. The van der Waals surface area contributed by atoms with Crippen LogP contribution in [-0.2, 0) is 6.42 Å². The van der Waals surface area contributed by atoms with Crippen molar-refractivity contribution in [2.75, 3.05) is 5.32 Å². The molecular weight excluding hydrogens is 272 g/mol. The number of carbonyl (C=O) groups excluding carboxylic acids is 1. The number of benzene rings is 1. The summed E-state index contributed by atoms with van der Waals surface area (Å²) in [5.74, 6) is 0.402. The maximum atomic E-state index is 12.4. The number of anilines is 1. The quantitative estimate of drug-likeness (QED) is 0.736. The van der Waals surface area contributed by atoms with Gasteiger partial charge in [0, 0.05) is 11.7 Å². The summed E-state index contributed by atoms with van der Waals surface area (Å²) in [4.78, 5) is 12.4. The van der Waals surface area contributed by atoms with Crippen molar-refractivity contribution in [2.45, 2.75) is 77.7 Å². The average Bonchev–Trinajstić information content (AvgIpc) is 2.75. The smallest absolute Gasteiger partial charge is 0.319 e. The van der Waals surface area contributed by atoms with Crippen molar-refractivity contribution in [3.8, 4) is 0 Å². The zero-order chi connectivity index (χ0) is 15.9. The van der Waals surface area contributed by atoms with Gasteiger partial charge >= 0.3 is 6.03 Å². The Balaban J connectivity index is 2.07. The SMILES string of the molecule is CCc1cccc(C(C)C)c1NC(=O)NC1CCCCCC1. The number of rotatable bonds is 4. The van der Waals surface area contributed by atoms with Crippen LogP contribution in [0.25, 0.3) is 0 Å². The van der Waals surface area contributed by atoms with E-state index in [1.807, 2.05) is 0 Å². The Morgan fingerprint density at radius 2 is 1.86 bits per heavy atom. The van der Waals surface area contributed by atoms with Gasteiger partial charge in [-0.25, -0.2) is 4.79 Å². The molecule has 0 saturated heterocycles. The fraction of sp³-hybridized carbons (Fsp3) is 0.632. The molecule has 0 atom stereocenters. The van der Waals surface area contributed by atoms with Crippen molar-refractivity contribution in [1.82, 2.24) is 5.32 Å². The lowest BCUT2D eigenvalue weighted by Gasteiger charge is -2.21. The second-order valence-electron chi connectivity index (χ2n) is 6.68. The third-order valence-electron chi connectivity index (χ3n) is 4.61. The van der Waals surface area contributed by atoms with Crippen LogP contribution < -0.4 is 10.6 Å². The van der Waals surface area contributed by atoms with E-state index in [1.54, 1.807) is 0 Å². The first-order valence-corrected chi connectivity index (χ1v) is 8.81. The van der Waals surface area contributed by atoms with Crippen molar-refractivity contribution >= 4 is 11.7 Å². The molecule has 22 heavy (non-hydrogen) atoms. The van der Waals surface area contributed by atoms with Gasteiger partial charge in [-0.3, -0.25) is 0 Å². The molecule has 122 valence electrons. The fourth-order valence-electron chi connectivity index (χ4n) is 3.31. The Labute approximate surface area is 134 Å². The number of carbonyl (C=O) groups is 1. The van der Waals surface area contributed by atoms with Crippen LogP contribution in [0.1, 0.15) is 76.3 Å². The lowest BCUT2D eigenvalue weighted by molar-refractivity contribution is 0.247.